The number of rotatable bonds is 4. The van der Waals surface area contributed by atoms with Gasteiger partial charge in [-0.3, -0.25) is 4.79 Å². The average Bonchev–Trinajstić information content (AvgIpc) is 3.11. The van der Waals surface area contributed by atoms with Crippen LogP contribution < -0.4 is 0 Å². The van der Waals surface area contributed by atoms with E-state index >= 15 is 0 Å². The van der Waals surface area contributed by atoms with E-state index in [-0.39, 0.29) is 17.5 Å². The van der Waals surface area contributed by atoms with Crippen LogP contribution in [0.15, 0.2) is 0 Å². The molecule has 1 atom stereocenters. The first-order chi connectivity index (χ1) is 10.2. The van der Waals surface area contributed by atoms with Gasteiger partial charge in [-0.1, -0.05) is 12.8 Å². The summed E-state index contributed by atoms with van der Waals surface area (Å²) in [5.74, 6) is 0.117. The van der Waals surface area contributed by atoms with Gasteiger partial charge in [0, 0.05) is 6.54 Å². The molecule has 1 saturated carbocycles. The van der Waals surface area contributed by atoms with Crippen molar-refractivity contribution in [3.05, 3.63) is 0 Å². The SMILES string of the molecule is CCOC(=O)C1CCN(CC2CCC3(CCCC3)O2)CC1. The molecule has 2 heterocycles. The Morgan fingerprint density at radius 2 is 1.90 bits per heavy atom. The minimum atomic E-state index is -0.000764. The summed E-state index contributed by atoms with van der Waals surface area (Å²) in [5.41, 5.74) is 0.244. The largest absolute Gasteiger partial charge is 0.466 e. The standard InChI is InChI=1S/C17H29NO3/c1-2-20-16(19)14-6-11-18(12-7-14)13-15-5-10-17(21-15)8-3-4-9-17/h14-15H,2-13H2,1H3. The number of likely N-dealkylation sites (tertiary alicyclic amines) is 1. The third-order valence-corrected chi connectivity index (χ3v) is 5.52. The first-order valence-electron chi connectivity index (χ1n) is 8.77. The summed E-state index contributed by atoms with van der Waals surface area (Å²) in [4.78, 5) is 14.2. The van der Waals surface area contributed by atoms with Crippen LogP contribution in [-0.4, -0.2) is 48.8 Å². The van der Waals surface area contributed by atoms with Gasteiger partial charge in [0.15, 0.2) is 0 Å². The molecule has 120 valence electrons. The molecular weight excluding hydrogens is 266 g/mol. The molecule has 1 unspecified atom stereocenters. The first kappa shape index (κ1) is 15.3. The van der Waals surface area contributed by atoms with E-state index in [4.69, 9.17) is 9.47 Å². The van der Waals surface area contributed by atoms with E-state index in [1.807, 2.05) is 6.92 Å². The fourth-order valence-corrected chi connectivity index (χ4v) is 4.31. The zero-order valence-corrected chi connectivity index (χ0v) is 13.3. The van der Waals surface area contributed by atoms with Crippen molar-refractivity contribution in [2.24, 2.45) is 5.92 Å². The number of carbonyl (C=O) groups excluding carboxylic acids is 1. The lowest BCUT2D eigenvalue weighted by atomic mass is 9.96. The molecule has 3 aliphatic rings. The van der Waals surface area contributed by atoms with Gasteiger partial charge < -0.3 is 14.4 Å². The van der Waals surface area contributed by atoms with Gasteiger partial charge in [0.05, 0.1) is 24.2 Å². The van der Waals surface area contributed by atoms with Crippen molar-refractivity contribution in [2.45, 2.75) is 70.0 Å². The maximum Gasteiger partial charge on any atom is 0.309 e. The van der Waals surface area contributed by atoms with Crippen LogP contribution in [0.3, 0.4) is 0 Å². The lowest BCUT2D eigenvalue weighted by molar-refractivity contribution is -0.149. The van der Waals surface area contributed by atoms with Crippen molar-refractivity contribution < 1.29 is 14.3 Å². The number of hydrogen-bond acceptors (Lipinski definition) is 4. The molecule has 0 N–H and O–H groups in total. The molecule has 4 heteroatoms. The molecule has 0 aromatic heterocycles. The smallest absolute Gasteiger partial charge is 0.309 e. The molecule has 0 aromatic carbocycles. The van der Waals surface area contributed by atoms with Crippen LogP contribution in [0.4, 0.5) is 0 Å². The van der Waals surface area contributed by atoms with E-state index in [0.717, 1.165) is 32.5 Å². The quantitative estimate of drug-likeness (QED) is 0.748. The van der Waals surface area contributed by atoms with Crippen LogP contribution in [0, 0.1) is 5.92 Å². The lowest BCUT2D eigenvalue weighted by Crippen LogP contribution is -2.41. The number of hydrogen-bond donors (Lipinski definition) is 0. The fourth-order valence-electron chi connectivity index (χ4n) is 4.31. The summed E-state index contributed by atoms with van der Waals surface area (Å²) in [6.45, 7) is 5.45. The molecule has 1 aliphatic carbocycles. The minimum Gasteiger partial charge on any atom is -0.466 e. The van der Waals surface area contributed by atoms with Crippen LogP contribution in [-0.2, 0) is 14.3 Å². The number of ether oxygens (including phenoxy) is 2. The number of piperidine rings is 1. The van der Waals surface area contributed by atoms with Crippen molar-refractivity contribution in [1.29, 1.82) is 0 Å². The molecular formula is C17H29NO3. The number of esters is 1. The maximum absolute atomic E-state index is 11.8. The van der Waals surface area contributed by atoms with E-state index in [1.54, 1.807) is 0 Å². The minimum absolute atomic E-state index is 0.000764. The number of nitrogens with zero attached hydrogens (tertiary/aromatic N) is 1. The molecule has 4 nitrogen and oxygen atoms in total. The van der Waals surface area contributed by atoms with Crippen molar-refractivity contribution in [3.8, 4) is 0 Å². The second kappa shape index (κ2) is 6.66. The second-order valence-electron chi connectivity index (χ2n) is 7.00. The molecule has 3 fully saturated rings. The van der Waals surface area contributed by atoms with Gasteiger partial charge in [0.1, 0.15) is 0 Å². The molecule has 0 amide bonds. The molecule has 1 spiro atoms. The number of carbonyl (C=O) groups is 1. The molecule has 2 saturated heterocycles. The molecule has 21 heavy (non-hydrogen) atoms. The Hall–Kier alpha value is -0.610. The predicted molar refractivity (Wildman–Crippen MR) is 81.1 cm³/mol. The summed E-state index contributed by atoms with van der Waals surface area (Å²) >= 11 is 0. The van der Waals surface area contributed by atoms with Gasteiger partial charge in [-0.25, -0.2) is 0 Å². The molecule has 0 bridgehead atoms. The summed E-state index contributed by atoms with van der Waals surface area (Å²) in [7, 11) is 0. The monoisotopic (exact) mass is 295 g/mol. The van der Waals surface area contributed by atoms with E-state index in [2.05, 4.69) is 4.90 Å². The summed E-state index contributed by atoms with van der Waals surface area (Å²) in [5, 5.41) is 0. The van der Waals surface area contributed by atoms with Crippen LogP contribution >= 0.6 is 0 Å². The zero-order chi connectivity index (χ0) is 14.7. The van der Waals surface area contributed by atoms with Crippen LogP contribution in [0.2, 0.25) is 0 Å². The van der Waals surface area contributed by atoms with Crippen molar-refractivity contribution in [1.82, 2.24) is 4.90 Å². The highest BCUT2D eigenvalue weighted by molar-refractivity contribution is 5.72. The fraction of sp³-hybridized carbons (Fsp3) is 0.941. The average molecular weight is 295 g/mol. The summed E-state index contributed by atoms with van der Waals surface area (Å²) in [6, 6.07) is 0. The van der Waals surface area contributed by atoms with Gasteiger partial charge in [-0.2, -0.15) is 0 Å². The van der Waals surface area contributed by atoms with Gasteiger partial charge in [0.2, 0.25) is 0 Å². The Labute approximate surface area is 128 Å². The van der Waals surface area contributed by atoms with E-state index < -0.39 is 0 Å². The van der Waals surface area contributed by atoms with Gasteiger partial charge in [-0.15, -0.1) is 0 Å². The van der Waals surface area contributed by atoms with Crippen molar-refractivity contribution in [3.63, 3.8) is 0 Å². The summed E-state index contributed by atoms with van der Waals surface area (Å²) in [6.07, 6.45) is 10.0. The van der Waals surface area contributed by atoms with Crippen molar-refractivity contribution >= 4 is 5.97 Å². The van der Waals surface area contributed by atoms with Crippen LogP contribution in [0.5, 0.6) is 0 Å². The first-order valence-corrected chi connectivity index (χ1v) is 8.77. The Bertz CT molecular complexity index is 357. The van der Waals surface area contributed by atoms with Gasteiger partial charge >= 0.3 is 5.97 Å². The van der Waals surface area contributed by atoms with Gasteiger partial charge in [0.25, 0.3) is 0 Å². The van der Waals surface area contributed by atoms with Gasteiger partial charge in [-0.05, 0) is 58.5 Å². The third kappa shape index (κ3) is 3.59. The Morgan fingerprint density at radius 3 is 2.57 bits per heavy atom. The predicted octanol–water partition coefficient (Wildman–Crippen LogP) is 2.75. The summed E-state index contributed by atoms with van der Waals surface area (Å²) < 4.78 is 11.5. The molecule has 3 rings (SSSR count). The normalized spacial score (nSPS) is 30.0. The third-order valence-electron chi connectivity index (χ3n) is 5.52. The lowest BCUT2D eigenvalue weighted by Gasteiger charge is -2.33. The topological polar surface area (TPSA) is 38.8 Å². The van der Waals surface area contributed by atoms with Crippen LogP contribution in [0.1, 0.15) is 58.3 Å². The highest BCUT2D eigenvalue weighted by Crippen LogP contribution is 2.43. The van der Waals surface area contributed by atoms with Crippen molar-refractivity contribution in [2.75, 3.05) is 26.2 Å². The highest BCUT2D eigenvalue weighted by Gasteiger charge is 2.42. The Morgan fingerprint density at radius 1 is 1.19 bits per heavy atom. The Kier molecular flexibility index (Phi) is 4.85. The van der Waals surface area contributed by atoms with Crippen LogP contribution in [0.25, 0.3) is 0 Å². The van der Waals surface area contributed by atoms with E-state index in [1.165, 1.54) is 38.5 Å². The van der Waals surface area contributed by atoms with E-state index in [9.17, 15) is 4.79 Å². The second-order valence-corrected chi connectivity index (χ2v) is 7.00. The molecule has 0 aromatic rings. The highest BCUT2D eigenvalue weighted by atomic mass is 16.5. The maximum atomic E-state index is 11.8. The Balaban J connectivity index is 1.41. The zero-order valence-electron chi connectivity index (χ0n) is 13.3. The molecule has 0 radical (unpaired) electrons. The molecule has 2 aliphatic heterocycles. The van der Waals surface area contributed by atoms with E-state index in [0.29, 0.717) is 12.7 Å².